The van der Waals surface area contributed by atoms with Crippen molar-refractivity contribution in [1.29, 1.82) is 0 Å². The molecule has 3 N–H and O–H groups in total. The highest BCUT2D eigenvalue weighted by molar-refractivity contribution is 5.85. The van der Waals surface area contributed by atoms with Gasteiger partial charge in [-0.1, -0.05) is 104 Å². The van der Waals surface area contributed by atoms with Crippen molar-refractivity contribution in [2.75, 3.05) is 18.7 Å². The quantitative estimate of drug-likeness (QED) is 0.0323. The molecule has 3 aromatic carbocycles. The first-order valence-electron chi connectivity index (χ1n) is 19.5. The number of hydrogen-bond acceptors (Lipinski definition) is 9. The number of carbonyl (C=O) groups excluding carboxylic acids is 2. The van der Waals surface area contributed by atoms with Gasteiger partial charge in [-0.25, -0.2) is 0 Å². The summed E-state index contributed by atoms with van der Waals surface area (Å²) in [4.78, 5) is 37.3. The molecule has 0 radical (unpaired) electrons. The molecule has 0 aliphatic heterocycles. The number of carbonyl (C=O) groups is 2. The van der Waals surface area contributed by atoms with Crippen LogP contribution in [-0.4, -0.2) is 54.0 Å². The first kappa shape index (κ1) is 43.4. The Morgan fingerprint density at radius 3 is 2.57 bits per heavy atom. The summed E-state index contributed by atoms with van der Waals surface area (Å²) in [6, 6.07) is 20.5. The first-order chi connectivity index (χ1) is 27.1. The lowest BCUT2D eigenvalue weighted by atomic mass is 9.89. The second kappa shape index (κ2) is 22.3. The number of rotatable bonds is 21. The van der Waals surface area contributed by atoms with Gasteiger partial charge in [0.2, 0.25) is 5.91 Å². The molecule has 1 saturated carbocycles. The van der Waals surface area contributed by atoms with E-state index >= 15 is 0 Å². The van der Waals surface area contributed by atoms with Crippen LogP contribution in [-0.2, 0) is 20.9 Å². The van der Waals surface area contributed by atoms with E-state index in [2.05, 4.69) is 17.2 Å². The van der Waals surface area contributed by atoms with E-state index in [1.165, 1.54) is 0 Å². The lowest BCUT2D eigenvalue weighted by Gasteiger charge is -2.24. The van der Waals surface area contributed by atoms with E-state index in [1.54, 1.807) is 17.2 Å². The van der Waals surface area contributed by atoms with Crippen LogP contribution in [0.4, 0.5) is 5.69 Å². The van der Waals surface area contributed by atoms with Crippen LogP contribution >= 0.6 is 0 Å². The maximum atomic E-state index is 13.3. The molecular weight excluding hydrogens is 707 g/mol. The molecule has 6 atom stereocenters. The number of ether oxygens (including phenoxy) is 2. The second-order valence-electron chi connectivity index (χ2n) is 14.3. The average Bonchev–Trinajstić information content (AvgIpc) is 3.50. The molecule has 10 nitrogen and oxygen atoms in total. The zero-order valence-corrected chi connectivity index (χ0v) is 33.1. The van der Waals surface area contributed by atoms with Gasteiger partial charge in [-0.3, -0.25) is 20.0 Å². The van der Waals surface area contributed by atoms with Crippen molar-refractivity contribution in [3.63, 3.8) is 0 Å². The van der Waals surface area contributed by atoms with E-state index in [-0.39, 0.29) is 55.7 Å². The Balaban J connectivity index is 1.18. The third-order valence-electron chi connectivity index (χ3n) is 10.2. The van der Waals surface area contributed by atoms with Gasteiger partial charge in [0.05, 0.1) is 17.7 Å². The highest BCUT2D eigenvalue weighted by Crippen LogP contribution is 2.38. The lowest BCUT2D eigenvalue weighted by molar-refractivity contribution is -0.145. The van der Waals surface area contributed by atoms with Crippen LogP contribution < -0.4 is 15.2 Å². The van der Waals surface area contributed by atoms with Crippen LogP contribution in [0.15, 0.2) is 109 Å². The Morgan fingerprint density at radius 1 is 1.09 bits per heavy atom. The number of aryl methyl sites for hydroxylation is 1. The number of hydrogen-bond donors (Lipinski definition) is 3. The van der Waals surface area contributed by atoms with Crippen molar-refractivity contribution < 1.29 is 29.3 Å². The van der Waals surface area contributed by atoms with Gasteiger partial charge in [0, 0.05) is 19.4 Å². The summed E-state index contributed by atoms with van der Waals surface area (Å²) in [6.07, 6.45) is 14.5. The van der Waals surface area contributed by atoms with Crippen molar-refractivity contribution in [2.24, 2.45) is 17.0 Å². The number of nitrogens with one attached hydrogen (secondary N) is 1. The van der Waals surface area contributed by atoms with E-state index in [0.29, 0.717) is 31.4 Å². The zero-order valence-electron chi connectivity index (χ0n) is 33.1. The minimum absolute atomic E-state index is 0.0673. The smallest absolute Gasteiger partial charge is 0.306 e. The minimum atomic E-state index is -0.875. The molecule has 10 heteroatoms. The maximum absolute atomic E-state index is 13.3. The van der Waals surface area contributed by atoms with Crippen LogP contribution in [0.25, 0.3) is 12.2 Å². The number of anilines is 1. The number of aliphatic hydroxyl groups excluding tert-OH is 2. The fourth-order valence-electron chi connectivity index (χ4n) is 7.00. The van der Waals surface area contributed by atoms with E-state index in [0.717, 1.165) is 33.5 Å². The van der Waals surface area contributed by atoms with Crippen molar-refractivity contribution in [2.45, 2.75) is 90.1 Å². The maximum Gasteiger partial charge on any atom is 0.306 e. The predicted molar refractivity (Wildman–Crippen MR) is 224 cm³/mol. The number of esters is 1. The summed E-state index contributed by atoms with van der Waals surface area (Å²) >= 11 is 0. The molecule has 1 fully saturated rings. The van der Waals surface area contributed by atoms with Gasteiger partial charge in [-0.05, 0) is 104 Å². The van der Waals surface area contributed by atoms with Gasteiger partial charge in [-0.15, -0.1) is 0 Å². The van der Waals surface area contributed by atoms with Crippen molar-refractivity contribution in [1.82, 2.24) is 5.43 Å². The van der Waals surface area contributed by atoms with E-state index in [9.17, 15) is 24.7 Å². The van der Waals surface area contributed by atoms with Gasteiger partial charge >= 0.3 is 5.97 Å². The second-order valence-corrected chi connectivity index (χ2v) is 14.3. The van der Waals surface area contributed by atoms with Crippen LogP contribution in [0.5, 0.6) is 5.75 Å². The molecule has 56 heavy (non-hydrogen) atoms. The van der Waals surface area contributed by atoms with Crippen LogP contribution in [0.1, 0.15) is 86.1 Å². The highest BCUT2D eigenvalue weighted by Gasteiger charge is 2.41. The molecule has 0 aromatic heterocycles. The van der Waals surface area contributed by atoms with Crippen molar-refractivity contribution in [3.8, 4) is 5.75 Å². The number of allylic oxidation sites excluding steroid dienone is 3. The minimum Gasteiger partial charge on any atom is -0.491 e. The summed E-state index contributed by atoms with van der Waals surface area (Å²) in [5, 5.41) is 26.1. The fourth-order valence-corrected chi connectivity index (χ4v) is 7.00. The molecule has 2 unspecified atom stereocenters. The molecule has 0 heterocycles. The topological polar surface area (TPSA) is 138 Å². The number of hydrazine groups is 1. The number of benzene rings is 3. The number of nitrogens with zero attached hydrogens (tertiary/aromatic N) is 2. The van der Waals surface area contributed by atoms with Crippen LogP contribution in [0.3, 0.4) is 0 Å². The predicted octanol–water partition coefficient (Wildman–Crippen LogP) is 8.62. The fraction of sp³-hybridized carbons (Fsp3) is 0.391. The van der Waals surface area contributed by atoms with Gasteiger partial charge in [-0.2, -0.15) is 4.91 Å². The lowest BCUT2D eigenvalue weighted by Crippen LogP contribution is -2.42. The third-order valence-corrected chi connectivity index (χ3v) is 10.2. The van der Waals surface area contributed by atoms with E-state index < -0.39 is 18.2 Å². The Hall–Kier alpha value is -5.32. The summed E-state index contributed by atoms with van der Waals surface area (Å²) in [7, 11) is 1.82. The highest BCUT2D eigenvalue weighted by atomic mass is 16.5. The summed E-state index contributed by atoms with van der Waals surface area (Å²) in [5.74, 6) is -0.613. The standard InChI is InChI=1S/C46H57N3O7/c1-6-14-36-28-37(24-23-34(36)7-2)49(5)47-46(53)40(8-3)35-21-19-33(20-22-35)30-56-45(52)18-12-10-9-11-17-42-41(43(48-54)29-44(42)51)26-25-38(50)31-55-39-16-13-15-32(4)27-39/h6-7,9,11,13-16,19-28,38,40-44,50-51H,2,8,10,12,17-18,29-31H2,1,3-5H3,(H,47,53)/b11-9-,14-6-,26-25+/t38-,40?,41-,42-,43?,44+/m1/s1. The number of nitroso groups, excluding NO2 is 1. The molecule has 3 aromatic rings. The van der Waals surface area contributed by atoms with Gasteiger partial charge < -0.3 is 19.7 Å². The van der Waals surface area contributed by atoms with Crippen LogP contribution in [0.2, 0.25) is 0 Å². The molecule has 0 saturated heterocycles. The Morgan fingerprint density at radius 2 is 1.88 bits per heavy atom. The first-order valence-corrected chi connectivity index (χ1v) is 19.5. The third kappa shape index (κ3) is 12.9. The molecule has 4 rings (SSSR count). The van der Waals surface area contributed by atoms with Gasteiger partial charge in [0.15, 0.2) is 0 Å². The molecule has 1 aliphatic rings. The SMILES string of the molecule is C=Cc1ccc(N(C)NC(=O)C(CC)c2ccc(COC(=O)CCC/C=C\C[C@H]3[C@@H](O)CC(N=O)[C@@H]3/C=C/[C@@H](O)COc3cccc(C)c3)cc2)cc1/C=C\C. The van der Waals surface area contributed by atoms with E-state index in [4.69, 9.17) is 9.47 Å². The Labute approximate surface area is 331 Å². The monoisotopic (exact) mass is 763 g/mol. The molecule has 0 bridgehead atoms. The summed E-state index contributed by atoms with van der Waals surface area (Å²) in [5.41, 5.74) is 8.67. The summed E-state index contributed by atoms with van der Waals surface area (Å²) < 4.78 is 11.2. The number of amides is 1. The molecule has 1 aliphatic carbocycles. The largest absolute Gasteiger partial charge is 0.491 e. The Bertz CT molecular complexity index is 1840. The molecule has 298 valence electrons. The normalized spacial score (nSPS) is 19.2. The number of unbranched alkanes of at least 4 members (excludes halogenated alkanes) is 1. The molecule has 1 amide bonds. The average molecular weight is 764 g/mol. The van der Waals surface area contributed by atoms with E-state index in [1.807, 2.05) is 125 Å². The van der Waals surface area contributed by atoms with Gasteiger partial charge in [0.25, 0.3) is 0 Å². The molecular formula is C46H57N3O7. The van der Waals surface area contributed by atoms with Crippen molar-refractivity contribution in [3.05, 3.63) is 136 Å². The van der Waals surface area contributed by atoms with Crippen molar-refractivity contribution >= 4 is 29.7 Å². The van der Waals surface area contributed by atoms with Crippen LogP contribution in [0, 0.1) is 23.7 Å². The molecule has 0 spiro atoms. The Kier molecular flexibility index (Phi) is 17.3. The summed E-state index contributed by atoms with van der Waals surface area (Å²) in [6.45, 7) is 9.99. The number of aliphatic hydroxyl groups is 2. The van der Waals surface area contributed by atoms with Gasteiger partial charge in [0.1, 0.15) is 31.1 Å². The zero-order chi connectivity index (χ0) is 40.5.